The minimum absolute atomic E-state index is 0. The Kier molecular flexibility index (Phi) is 7.53. The monoisotopic (exact) mass is 334 g/mol. The van der Waals surface area contributed by atoms with E-state index in [-0.39, 0.29) is 29.8 Å². The second kappa shape index (κ2) is 8.65. The normalized spacial score (nSPS) is 17.2. The van der Waals surface area contributed by atoms with Crippen LogP contribution in [0.5, 0.6) is 5.75 Å². The first kappa shape index (κ1) is 19.1. The molecule has 0 aliphatic carbocycles. The van der Waals surface area contributed by atoms with Crippen LogP contribution in [0.15, 0.2) is 12.1 Å². The largest absolute Gasteiger partial charge is 0.497 e. The van der Waals surface area contributed by atoms with Gasteiger partial charge in [-0.3, -0.25) is 4.90 Å². The fraction of sp³-hybridized carbons (Fsp3) is 0.625. The summed E-state index contributed by atoms with van der Waals surface area (Å²) in [5.41, 5.74) is 0.173. The molecule has 126 valence electrons. The van der Waals surface area contributed by atoms with E-state index in [1.807, 2.05) is 0 Å². The standard InChI is InChI=1S/C16H24F2N2O.ClH/c1-11(2)8-15(20-6-4-19-5-7-20)16-13(17)9-12(21-3)10-14(16)18;/h9-11,15,19H,4-8H2,1-3H3;1H/t15-;/m1./s1. The van der Waals surface area contributed by atoms with E-state index in [2.05, 4.69) is 24.1 Å². The van der Waals surface area contributed by atoms with E-state index >= 15 is 0 Å². The third-order valence-corrected chi connectivity index (χ3v) is 3.91. The average Bonchev–Trinajstić information content (AvgIpc) is 2.45. The highest BCUT2D eigenvalue weighted by molar-refractivity contribution is 5.85. The second-order valence-electron chi connectivity index (χ2n) is 5.94. The Labute approximate surface area is 137 Å². The van der Waals surface area contributed by atoms with Crippen molar-refractivity contribution in [3.05, 3.63) is 29.3 Å². The number of methoxy groups -OCH3 is 1. The highest BCUT2D eigenvalue weighted by Gasteiger charge is 2.28. The van der Waals surface area contributed by atoms with Crippen LogP contribution in [0.3, 0.4) is 0 Å². The highest BCUT2D eigenvalue weighted by atomic mass is 35.5. The summed E-state index contributed by atoms with van der Waals surface area (Å²) in [6.07, 6.45) is 0.736. The summed E-state index contributed by atoms with van der Waals surface area (Å²) in [5, 5.41) is 3.27. The summed E-state index contributed by atoms with van der Waals surface area (Å²) in [7, 11) is 1.41. The first-order valence-corrected chi connectivity index (χ1v) is 7.50. The van der Waals surface area contributed by atoms with Crippen molar-refractivity contribution in [1.82, 2.24) is 10.2 Å². The molecule has 1 aliphatic rings. The molecular weight excluding hydrogens is 310 g/mol. The Hall–Kier alpha value is -0.910. The van der Waals surface area contributed by atoms with Gasteiger partial charge in [-0.1, -0.05) is 13.8 Å². The summed E-state index contributed by atoms with van der Waals surface area (Å²) in [5.74, 6) is -0.449. The van der Waals surface area contributed by atoms with E-state index in [4.69, 9.17) is 4.74 Å². The zero-order valence-electron chi connectivity index (χ0n) is 13.4. The van der Waals surface area contributed by atoms with Gasteiger partial charge in [0, 0.05) is 49.9 Å². The van der Waals surface area contributed by atoms with Crippen molar-refractivity contribution in [2.45, 2.75) is 26.3 Å². The van der Waals surface area contributed by atoms with Crippen LogP contribution in [-0.2, 0) is 0 Å². The van der Waals surface area contributed by atoms with Gasteiger partial charge in [0.25, 0.3) is 0 Å². The Balaban J connectivity index is 0.00000242. The predicted octanol–water partition coefficient (Wildman–Crippen LogP) is 3.39. The second-order valence-corrected chi connectivity index (χ2v) is 5.94. The van der Waals surface area contributed by atoms with Gasteiger partial charge >= 0.3 is 0 Å². The molecule has 1 fully saturated rings. The maximum atomic E-state index is 14.4. The quantitative estimate of drug-likeness (QED) is 0.893. The number of hydrogen-bond acceptors (Lipinski definition) is 3. The van der Waals surface area contributed by atoms with E-state index in [1.54, 1.807) is 0 Å². The van der Waals surface area contributed by atoms with Crippen LogP contribution in [0.25, 0.3) is 0 Å². The zero-order valence-corrected chi connectivity index (χ0v) is 14.2. The molecule has 1 heterocycles. The molecule has 0 bridgehead atoms. The summed E-state index contributed by atoms with van der Waals surface area (Å²) in [6.45, 7) is 7.48. The molecule has 2 rings (SSSR count). The number of halogens is 3. The van der Waals surface area contributed by atoms with Crippen LogP contribution in [0.4, 0.5) is 8.78 Å². The van der Waals surface area contributed by atoms with Crippen LogP contribution < -0.4 is 10.1 Å². The van der Waals surface area contributed by atoms with Crippen LogP contribution >= 0.6 is 12.4 Å². The van der Waals surface area contributed by atoms with Crippen LogP contribution in [0.2, 0.25) is 0 Å². The van der Waals surface area contributed by atoms with Crippen molar-refractivity contribution in [2.75, 3.05) is 33.3 Å². The Morgan fingerprint density at radius 1 is 1.18 bits per heavy atom. The van der Waals surface area contributed by atoms with Gasteiger partial charge in [0.05, 0.1) is 7.11 Å². The average molecular weight is 335 g/mol. The van der Waals surface area contributed by atoms with E-state index < -0.39 is 11.6 Å². The first-order valence-electron chi connectivity index (χ1n) is 7.50. The molecule has 22 heavy (non-hydrogen) atoms. The maximum Gasteiger partial charge on any atom is 0.134 e. The Morgan fingerprint density at radius 2 is 1.73 bits per heavy atom. The van der Waals surface area contributed by atoms with Crippen molar-refractivity contribution < 1.29 is 13.5 Å². The molecule has 1 aromatic rings. The third kappa shape index (κ3) is 4.54. The number of ether oxygens (including phenoxy) is 1. The fourth-order valence-electron chi connectivity index (χ4n) is 2.89. The molecule has 3 nitrogen and oxygen atoms in total. The van der Waals surface area contributed by atoms with Gasteiger partial charge in [-0.05, 0) is 12.3 Å². The molecule has 1 atom stereocenters. The molecule has 0 amide bonds. The predicted molar refractivity (Wildman–Crippen MR) is 86.8 cm³/mol. The fourth-order valence-corrected chi connectivity index (χ4v) is 2.89. The molecule has 1 aliphatic heterocycles. The van der Waals surface area contributed by atoms with Crippen molar-refractivity contribution in [1.29, 1.82) is 0 Å². The molecule has 6 heteroatoms. The Bertz CT molecular complexity index is 456. The van der Waals surface area contributed by atoms with Gasteiger partial charge in [0.1, 0.15) is 17.4 Å². The molecule has 1 N–H and O–H groups in total. The molecular formula is C16H25ClF2N2O. The van der Waals surface area contributed by atoms with Crippen molar-refractivity contribution in [3.8, 4) is 5.75 Å². The van der Waals surface area contributed by atoms with E-state index in [1.165, 1.54) is 19.2 Å². The molecule has 0 saturated carbocycles. The number of nitrogens with zero attached hydrogens (tertiary/aromatic N) is 1. The molecule has 0 aromatic heterocycles. The van der Waals surface area contributed by atoms with Gasteiger partial charge in [-0.15, -0.1) is 12.4 Å². The summed E-state index contributed by atoms with van der Waals surface area (Å²) in [6, 6.07) is 2.32. The summed E-state index contributed by atoms with van der Waals surface area (Å²) < 4.78 is 33.7. The van der Waals surface area contributed by atoms with Gasteiger partial charge < -0.3 is 10.1 Å². The van der Waals surface area contributed by atoms with Crippen LogP contribution in [0, 0.1) is 17.6 Å². The maximum absolute atomic E-state index is 14.4. The Morgan fingerprint density at radius 3 is 2.18 bits per heavy atom. The number of hydrogen-bond donors (Lipinski definition) is 1. The number of rotatable bonds is 5. The first-order chi connectivity index (χ1) is 10.0. The molecule has 1 saturated heterocycles. The third-order valence-electron chi connectivity index (χ3n) is 3.91. The van der Waals surface area contributed by atoms with Crippen molar-refractivity contribution in [2.24, 2.45) is 5.92 Å². The number of piperazine rings is 1. The lowest BCUT2D eigenvalue weighted by Gasteiger charge is -2.36. The minimum atomic E-state index is -0.518. The summed E-state index contributed by atoms with van der Waals surface area (Å²) in [4.78, 5) is 2.17. The van der Waals surface area contributed by atoms with Gasteiger partial charge in [-0.2, -0.15) is 0 Å². The lowest BCUT2D eigenvalue weighted by atomic mass is 9.94. The van der Waals surface area contributed by atoms with Gasteiger partial charge in [-0.25, -0.2) is 8.78 Å². The molecule has 0 spiro atoms. The molecule has 0 unspecified atom stereocenters. The van der Waals surface area contributed by atoms with Gasteiger partial charge in [0.15, 0.2) is 0 Å². The van der Waals surface area contributed by atoms with E-state index in [9.17, 15) is 8.78 Å². The smallest absolute Gasteiger partial charge is 0.134 e. The van der Waals surface area contributed by atoms with Crippen LogP contribution in [0.1, 0.15) is 31.9 Å². The minimum Gasteiger partial charge on any atom is -0.497 e. The lowest BCUT2D eigenvalue weighted by Crippen LogP contribution is -2.45. The van der Waals surface area contributed by atoms with E-state index in [0.717, 1.165) is 32.6 Å². The SMILES string of the molecule is COc1cc(F)c([C@@H](CC(C)C)N2CCNCC2)c(F)c1.Cl. The molecule has 1 aromatic carbocycles. The lowest BCUT2D eigenvalue weighted by molar-refractivity contribution is 0.147. The van der Waals surface area contributed by atoms with Crippen molar-refractivity contribution >= 4 is 12.4 Å². The molecule has 0 radical (unpaired) electrons. The summed E-state index contributed by atoms with van der Waals surface area (Å²) >= 11 is 0. The van der Waals surface area contributed by atoms with E-state index in [0.29, 0.717) is 5.92 Å². The topological polar surface area (TPSA) is 24.5 Å². The van der Waals surface area contributed by atoms with Crippen LogP contribution in [-0.4, -0.2) is 38.2 Å². The number of nitrogens with one attached hydrogen (secondary N) is 1. The highest BCUT2D eigenvalue weighted by Crippen LogP contribution is 2.33. The van der Waals surface area contributed by atoms with Crippen molar-refractivity contribution in [3.63, 3.8) is 0 Å². The number of benzene rings is 1. The zero-order chi connectivity index (χ0) is 15.4. The van der Waals surface area contributed by atoms with Gasteiger partial charge in [0.2, 0.25) is 0 Å².